The summed E-state index contributed by atoms with van der Waals surface area (Å²) in [5.74, 6) is -0.625. The maximum absolute atomic E-state index is 11.4. The summed E-state index contributed by atoms with van der Waals surface area (Å²) in [4.78, 5) is 29.4. The number of para-hydroxylation sites is 2. The SMILES string of the molecule is CC(=O)CC(=O)OCCN(C)CCN1c2ccccc2Sc2ccccc21. The smallest absolute Gasteiger partial charge is 0.313 e. The van der Waals surface area contributed by atoms with Gasteiger partial charge in [-0.05, 0) is 38.2 Å². The molecule has 0 bridgehead atoms. The highest BCUT2D eigenvalue weighted by atomic mass is 32.2. The van der Waals surface area contributed by atoms with Gasteiger partial charge in [0.05, 0.1) is 11.4 Å². The summed E-state index contributed by atoms with van der Waals surface area (Å²) in [7, 11) is 2.01. The maximum Gasteiger partial charge on any atom is 0.313 e. The van der Waals surface area contributed by atoms with Crippen molar-refractivity contribution in [3.8, 4) is 0 Å². The Morgan fingerprint density at radius 1 is 1.00 bits per heavy atom. The highest BCUT2D eigenvalue weighted by Crippen LogP contribution is 2.47. The van der Waals surface area contributed by atoms with Gasteiger partial charge in [0, 0.05) is 29.4 Å². The van der Waals surface area contributed by atoms with E-state index in [0.717, 1.165) is 13.1 Å². The van der Waals surface area contributed by atoms with Crippen molar-refractivity contribution in [3.05, 3.63) is 48.5 Å². The molecule has 0 saturated heterocycles. The van der Waals surface area contributed by atoms with Crippen LogP contribution < -0.4 is 4.90 Å². The molecular formula is C21H24N2O3S. The first-order valence-electron chi connectivity index (χ1n) is 9.01. The Hall–Kier alpha value is -2.31. The van der Waals surface area contributed by atoms with Gasteiger partial charge < -0.3 is 14.5 Å². The number of Topliss-reactive ketones (excluding diaryl/α,β-unsaturated/α-hetero) is 1. The average molecular weight is 385 g/mol. The lowest BCUT2D eigenvalue weighted by atomic mass is 10.2. The third kappa shape index (κ3) is 5.11. The number of fused-ring (bicyclic) bond motifs is 2. The summed E-state index contributed by atoms with van der Waals surface area (Å²) >= 11 is 1.80. The Kier molecular flexibility index (Phi) is 6.53. The van der Waals surface area contributed by atoms with Crippen molar-refractivity contribution < 1.29 is 14.3 Å². The van der Waals surface area contributed by atoms with Crippen molar-refractivity contribution in [2.24, 2.45) is 0 Å². The van der Waals surface area contributed by atoms with Gasteiger partial charge in [-0.3, -0.25) is 9.59 Å². The fourth-order valence-corrected chi connectivity index (χ4v) is 4.07. The quantitative estimate of drug-likeness (QED) is 0.510. The number of carbonyl (C=O) groups is 2. The van der Waals surface area contributed by atoms with E-state index in [4.69, 9.17) is 4.74 Å². The molecule has 0 atom stereocenters. The lowest BCUT2D eigenvalue weighted by Gasteiger charge is -2.33. The molecule has 0 aliphatic carbocycles. The summed E-state index contributed by atoms with van der Waals surface area (Å²) in [6.45, 7) is 3.99. The molecule has 0 N–H and O–H groups in total. The highest BCUT2D eigenvalue weighted by Gasteiger charge is 2.22. The number of likely N-dealkylation sites (N-methyl/N-ethyl adjacent to an activating group) is 1. The third-order valence-electron chi connectivity index (χ3n) is 4.37. The third-order valence-corrected chi connectivity index (χ3v) is 5.50. The molecule has 0 unspecified atom stereocenters. The van der Waals surface area contributed by atoms with Crippen molar-refractivity contribution in [3.63, 3.8) is 0 Å². The van der Waals surface area contributed by atoms with Gasteiger partial charge in [0.2, 0.25) is 0 Å². The van der Waals surface area contributed by atoms with Crippen molar-refractivity contribution in [2.45, 2.75) is 23.1 Å². The number of ketones is 1. The van der Waals surface area contributed by atoms with Gasteiger partial charge in [-0.15, -0.1) is 0 Å². The first kappa shape index (κ1) is 19.5. The molecule has 5 nitrogen and oxygen atoms in total. The van der Waals surface area contributed by atoms with Gasteiger partial charge in [-0.25, -0.2) is 0 Å². The molecule has 1 aliphatic heterocycles. The van der Waals surface area contributed by atoms with Crippen LogP contribution in [-0.2, 0) is 14.3 Å². The zero-order valence-corrected chi connectivity index (χ0v) is 16.5. The first-order valence-corrected chi connectivity index (χ1v) is 9.83. The Balaban J connectivity index is 1.58. The molecular weight excluding hydrogens is 360 g/mol. The molecule has 6 heteroatoms. The van der Waals surface area contributed by atoms with Crippen LogP contribution in [0.15, 0.2) is 58.3 Å². The topological polar surface area (TPSA) is 49.9 Å². The number of hydrogen-bond acceptors (Lipinski definition) is 6. The molecule has 1 aliphatic rings. The average Bonchev–Trinajstić information content (AvgIpc) is 2.64. The summed E-state index contributed by atoms with van der Waals surface area (Å²) in [6.07, 6.45) is -0.150. The van der Waals surface area contributed by atoms with Crippen molar-refractivity contribution >= 4 is 34.9 Å². The van der Waals surface area contributed by atoms with Crippen LogP contribution in [0, 0.1) is 0 Å². The highest BCUT2D eigenvalue weighted by molar-refractivity contribution is 7.99. The lowest BCUT2D eigenvalue weighted by molar-refractivity contribution is -0.146. The summed E-state index contributed by atoms with van der Waals surface area (Å²) in [5.41, 5.74) is 2.45. The Morgan fingerprint density at radius 2 is 1.59 bits per heavy atom. The van der Waals surface area contributed by atoms with Crippen molar-refractivity contribution in [2.75, 3.05) is 38.2 Å². The number of hydrogen-bond donors (Lipinski definition) is 0. The van der Waals surface area contributed by atoms with E-state index in [1.54, 1.807) is 11.8 Å². The normalized spacial score (nSPS) is 12.5. The van der Waals surface area contributed by atoms with Gasteiger partial charge in [0.15, 0.2) is 0 Å². The van der Waals surface area contributed by atoms with Crippen LogP contribution in [0.25, 0.3) is 0 Å². The van der Waals surface area contributed by atoms with Crippen LogP contribution in [0.4, 0.5) is 11.4 Å². The second-order valence-corrected chi connectivity index (χ2v) is 7.68. The molecule has 3 rings (SSSR count). The minimum absolute atomic E-state index is 0.150. The van der Waals surface area contributed by atoms with Crippen molar-refractivity contribution in [1.82, 2.24) is 4.90 Å². The lowest BCUT2D eigenvalue weighted by Crippen LogP contribution is -2.33. The summed E-state index contributed by atoms with van der Waals surface area (Å²) < 4.78 is 5.11. The van der Waals surface area contributed by atoms with E-state index in [2.05, 4.69) is 58.3 Å². The van der Waals surface area contributed by atoms with E-state index in [9.17, 15) is 9.59 Å². The molecule has 0 amide bonds. The molecule has 1 heterocycles. The number of carbonyl (C=O) groups excluding carboxylic acids is 2. The van der Waals surface area contributed by atoms with E-state index in [1.807, 2.05) is 7.05 Å². The van der Waals surface area contributed by atoms with Gasteiger partial charge in [-0.1, -0.05) is 36.0 Å². The van der Waals surface area contributed by atoms with Crippen LogP contribution in [0.3, 0.4) is 0 Å². The number of esters is 1. The molecule has 0 saturated carbocycles. The maximum atomic E-state index is 11.4. The van der Waals surface area contributed by atoms with Crippen molar-refractivity contribution in [1.29, 1.82) is 0 Å². The zero-order valence-electron chi connectivity index (χ0n) is 15.7. The minimum atomic E-state index is -0.452. The van der Waals surface area contributed by atoms with Crippen LogP contribution >= 0.6 is 11.8 Å². The Morgan fingerprint density at radius 3 is 2.19 bits per heavy atom. The van der Waals surface area contributed by atoms with Gasteiger partial charge in [-0.2, -0.15) is 0 Å². The van der Waals surface area contributed by atoms with Gasteiger partial charge in [0.25, 0.3) is 0 Å². The molecule has 0 aromatic heterocycles. The van der Waals surface area contributed by atoms with E-state index < -0.39 is 5.97 Å². The number of rotatable bonds is 8. The second-order valence-electron chi connectivity index (χ2n) is 6.59. The van der Waals surface area contributed by atoms with Crippen LogP contribution in [-0.4, -0.2) is 49.9 Å². The zero-order chi connectivity index (χ0) is 19.2. The number of anilines is 2. The fraction of sp³-hybridized carbons (Fsp3) is 0.333. The predicted octanol–water partition coefficient (Wildman–Crippen LogP) is 3.74. The van der Waals surface area contributed by atoms with E-state index in [1.165, 1.54) is 28.1 Å². The van der Waals surface area contributed by atoms with Gasteiger partial charge in [0.1, 0.15) is 18.8 Å². The molecule has 0 radical (unpaired) electrons. The van der Waals surface area contributed by atoms with E-state index in [-0.39, 0.29) is 12.2 Å². The van der Waals surface area contributed by atoms with Gasteiger partial charge >= 0.3 is 5.97 Å². The molecule has 142 valence electrons. The van der Waals surface area contributed by atoms with E-state index in [0.29, 0.717) is 13.2 Å². The molecule has 0 fully saturated rings. The number of benzene rings is 2. The van der Waals surface area contributed by atoms with Crippen LogP contribution in [0.5, 0.6) is 0 Å². The Labute approximate surface area is 164 Å². The molecule has 0 spiro atoms. The fourth-order valence-electron chi connectivity index (χ4n) is 2.97. The van der Waals surface area contributed by atoms with Crippen LogP contribution in [0.2, 0.25) is 0 Å². The largest absolute Gasteiger partial charge is 0.464 e. The predicted molar refractivity (Wildman–Crippen MR) is 108 cm³/mol. The molecule has 2 aromatic carbocycles. The monoisotopic (exact) mass is 384 g/mol. The Bertz CT molecular complexity index is 779. The summed E-state index contributed by atoms with van der Waals surface area (Å²) in [6, 6.07) is 16.9. The number of ether oxygens (including phenoxy) is 1. The second kappa shape index (κ2) is 9.06. The molecule has 27 heavy (non-hydrogen) atoms. The number of nitrogens with zero attached hydrogens (tertiary/aromatic N) is 2. The standard InChI is InChI=1S/C21H24N2O3S/c1-16(24)15-21(25)26-14-13-22(2)11-12-23-17-7-3-5-9-19(17)27-20-10-6-4-8-18(20)23/h3-10H,11-15H2,1-2H3. The molecule has 2 aromatic rings. The minimum Gasteiger partial charge on any atom is -0.464 e. The first-order chi connectivity index (χ1) is 13.0. The van der Waals surface area contributed by atoms with E-state index >= 15 is 0 Å². The van der Waals surface area contributed by atoms with Crippen LogP contribution in [0.1, 0.15) is 13.3 Å². The summed E-state index contributed by atoms with van der Waals surface area (Å²) in [5, 5.41) is 0.